The Hall–Kier alpha value is -1.99. The normalized spacial score (nSPS) is 23.3. The standard InChI is InChI=1S/C19H24FN5O.ClH/c1-13-9-18(14-3-2-4-15(20)10-14)24(11-13)19(26)17-12-25(23-22-17)16-5-7-21-8-6-16;/h2-4,10,12-13,16,18,21H,5-9,11H2,1H3;1H. The van der Waals surface area contributed by atoms with Crippen molar-refractivity contribution in [3.8, 4) is 0 Å². The van der Waals surface area contributed by atoms with Crippen LogP contribution < -0.4 is 5.32 Å². The molecule has 146 valence electrons. The van der Waals surface area contributed by atoms with E-state index >= 15 is 0 Å². The van der Waals surface area contributed by atoms with Gasteiger partial charge in [0, 0.05) is 6.54 Å². The second-order valence-corrected chi connectivity index (χ2v) is 7.43. The number of carbonyl (C=O) groups excluding carboxylic acids is 1. The van der Waals surface area contributed by atoms with Gasteiger partial charge in [-0.2, -0.15) is 0 Å². The van der Waals surface area contributed by atoms with Gasteiger partial charge in [0.15, 0.2) is 5.69 Å². The first-order valence-corrected chi connectivity index (χ1v) is 9.31. The van der Waals surface area contributed by atoms with E-state index < -0.39 is 0 Å². The average Bonchev–Trinajstić information content (AvgIpc) is 3.29. The Morgan fingerprint density at radius 3 is 2.81 bits per heavy atom. The second kappa shape index (κ2) is 8.35. The van der Waals surface area contributed by atoms with Crippen LogP contribution in [0.2, 0.25) is 0 Å². The molecule has 2 unspecified atom stereocenters. The predicted molar refractivity (Wildman–Crippen MR) is 102 cm³/mol. The molecule has 1 N–H and O–H groups in total. The fraction of sp³-hybridized carbons (Fsp3) is 0.526. The fourth-order valence-corrected chi connectivity index (χ4v) is 4.07. The van der Waals surface area contributed by atoms with Gasteiger partial charge in [0.1, 0.15) is 5.82 Å². The highest BCUT2D eigenvalue weighted by molar-refractivity contribution is 5.92. The summed E-state index contributed by atoms with van der Waals surface area (Å²) in [5.41, 5.74) is 1.22. The van der Waals surface area contributed by atoms with Crippen molar-refractivity contribution < 1.29 is 9.18 Å². The molecule has 0 bridgehead atoms. The van der Waals surface area contributed by atoms with Gasteiger partial charge in [0.25, 0.3) is 5.91 Å². The molecule has 2 atom stereocenters. The van der Waals surface area contributed by atoms with Gasteiger partial charge in [-0.15, -0.1) is 17.5 Å². The summed E-state index contributed by atoms with van der Waals surface area (Å²) < 4.78 is 15.5. The third-order valence-corrected chi connectivity index (χ3v) is 5.42. The lowest BCUT2D eigenvalue weighted by molar-refractivity contribution is 0.0726. The van der Waals surface area contributed by atoms with Crippen LogP contribution in [-0.2, 0) is 0 Å². The fourth-order valence-electron chi connectivity index (χ4n) is 4.07. The molecule has 6 nitrogen and oxygen atoms in total. The van der Waals surface area contributed by atoms with E-state index in [9.17, 15) is 9.18 Å². The maximum absolute atomic E-state index is 13.6. The molecule has 2 saturated heterocycles. The lowest BCUT2D eigenvalue weighted by Gasteiger charge is -2.24. The van der Waals surface area contributed by atoms with Gasteiger partial charge in [-0.1, -0.05) is 24.3 Å². The zero-order chi connectivity index (χ0) is 18.1. The molecule has 3 heterocycles. The molecular weight excluding hydrogens is 369 g/mol. The quantitative estimate of drug-likeness (QED) is 0.870. The highest BCUT2D eigenvalue weighted by Crippen LogP contribution is 2.36. The van der Waals surface area contributed by atoms with E-state index in [-0.39, 0.29) is 30.2 Å². The zero-order valence-corrected chi connectivity index (χ0v) is 16.2. The summed E-state index contributed by atoms with van der Waals surface area (Å²) in [6, 6.07) is 6.72. The number of amides is 1. The molecule has 2 fully saturated rings. The number of nitrogens with one attached hydrogen (secondary N) is 1. The lowest BCUT2D eigenvalue weighted by Crippen LogP contribution is -2.31. The lowest BCUT2D eigenvalue weighted by atomic mass is 10.0. The summed E-state index contributed by atoms with van der Waals surface area (Å²) in [6.07, 6.45) is 4.58. The van der Waals surface area contributed by atoms with E-state index in [1.54, 1.807) is 12.3 Å². The smallest absolute Gasteiger partial charge is 0.276 e. The van der Waals surface area contributed by atoms with Crippen molar-refractivity contribution in [1.29, 1.82) is 0 Å². The molecule has 0 radical (unpaired) electrons. The van der Waals surface area contributed by atoms with Crippen LogP contribution >= 0.6 is 12.4 Å². The molecule has 0 spiro atoms. The third-order valence-electron chi connectivity index (χ3n) is 5.42. The molecule has 8 heteroatoms. The maximum Gasteiger partial charge on any atom is 0.276 e. The molecule has 27 heavy (non-hydrogen) atoms. The van der Waals surface area contributed by atoms with E-state index in [2.05, 4.69) is 22.6 Å². The first-order chi connectivity index (χ1) is 12.6. The maximum atomic E-state index is 13.6. The topological polar surface area (TPSA) is 63.1 Å². The van der Waals surface area contributed by atoms with Crippen LogP contribution in [0, 0.1) is 11.7 Å². The Morgan fingerprint density at radius 1 is 1.30 bits per heavy atom. The van der Waals surface area contributed by atoms with Crippen molar-refractivity contribution >= 4 is 18.3 Å². The zero-order valence-electron chi connectivity index (χ0n) is 15.3. The monoisotopic (exact) mass is 393 g/mol. The molecule has 2 aromatic rings. The van der Waals surface area contributed by atoms with Crippen LogP contribution in [-0.4, -0.2) is 45.4 Å². The van der Waals surface area contributed by atoms with E-state index in [1.165, 1.54) is 12.1 Å². The van der Waals surface area contributed by atoms with Gasteiger partial charge in [-0.05, 0) is 56.0 Å². The number of hydrogen-bond donors (Lipinski definition) is 1. The van der Waals surface area contributed by atoms with E-state index in [0.29, 0.717) is 24.2 Å². The van der Waals surface area contributed by atoms with Gasteiger partial charge in [0.2, 0.25) is 0 Å². The highest BCUT2D eigenvalue weighted by atomic mass is 35.5. The van der Waals surface area contributed by atoms with E-state index in [4.69, 9.17) is 0 Å². The van der Waals surface area contributed by atoms with Gasteiger partial charge in [0.05, 0.1) is 18.3 Å². The summed E-state index contributed by atoms with van der Waals surface area (Å²) in [5, 5.41) is 11.7. The number of likely N-dealkylation sites (tertiary alicyclic amines) is 1. The van der Waals surface area contributed by atoms with Gasteiger partial charge < -0.3 is 10.2 Å². The van der Waals surface area contributed by atoms with Gasteiger partial charge >= 0.3 is 0 Å². The summed E-state index contributed by atoms with van der Waals surface area (Å²) >= 11 is 0. The molecule has 0 aliphatic carbocycles. The Labute approximate surface area is 164 Å². The minimum absolute atomic E-state index is 0. The number of hydrogen-bond acceptors (Lipinski definition) is 4. The van der Waals surface area contributed by atoms with Crippen molar-refractivity contribution in [2.45, 2.75) is 38.3 Å². The van der Waals surface area contributed by atoms with Crippen LogP contribution in [0.4, 0.5) is 4.39 Å². The number of benzene rings is 1. The number of halogens is 2. The number of rotatable bonds is 3. The van der Waals surface area contributed by atoms with E-state index in [1.807, 2.05) is 15.6 Å². The summed E-state index contributed by atoms with van der Waals surface area (Å²) in [7, 11) is 0. The molecule has 0 saturated carbocycles. The van der Waals surface area contributed by atoms with E-state index in [0.717, 1.165) is 37.9 Å². The summed E-state index contributed by atoms with van der Waals surface area (Å²) in [5.74, 6) is -0.0261. The molecule has 1 amide bonds. The van der Waals surface area contributed by atoms with Crippen molar-refractivity contribution in [2.75, 3.05) is 19.6 Å². The van der Waals surface area contributed by atoms with Gasteiger partial charge in [-0.25, -0.2) is 9.07 Å². The molecule has 2 aliphatic heterocycles. The average molecular weight is 394 g/mol. The molecule has 4 rings (SSSR count). The molecule has 2 aliphatic rings. The number of nitrogens with zero attached hydrogens (tertiary/aromatic N) is 4. The second-order valence-electron chi connectivity index (χ2n) is 7.43. The molecular formula is C19H25ClFN5O. The van der Waals surface area contributed by atoms with Crippen LogP contribution in [0.5, 0.6) is 0 Å². The Bertz CT molecular complexity index is 792. The summed E-state index contributed by atoms with van der Waals surface area (Å²) in [4.78, 5) is 14.9. The molecule has 1 aromatic carbocycles. The number of aromatic nitrogens is 3. The van der Waals surface area contributed by atoms with Crippen LogP contribution in [0.1, 0.15) is 54.3 Å². The van der Waals surface area contributed by atoms with Crippen molar-refractivity contribution in [3.63, 3.8) is 0 Å². The Balaban J connectivity index is 0.00000210. The number of carbonyl (C=O) groups is 1. The SMILES string of the molecule is CC1CC(c2cccc(F)c2)N(C(=O)c2cn(C3CCNCC3)nn2)C1.Cl. The first-order valence-electron chi connectivity index (χ1n) is 9.31. The Kier molecular flexibility index (Phi) is 6.11. The summed E-state index contributed by atoms with van der Waals surface area (Å²) in [6.45, 7) is 4.68. The van der Waals surface area contributed by atoms with Crippen LogP contribution in [0.15, 0.2) is 30.5 Å². The largest absolute Gasteiger partial charge is 0.330 e. The van der Waals surface area contributed by atoms with Crippen molar-refractivity contribution in [2.24, 2.45) is 5.92 Å². The van der Waals surface area contributed by atoms with Crippen LogP contribution in [0.3, 0.4) is 0 Å². The van der Waals surface area contributed by atoms with Gasteiger partial charge in [-0.3, -0.25) is 4.79 Å². The molecule has 1 aromatic heterocycles. The number of piperidine rings is 1. The first kappa shape index (κ1) is 19.8. The van der Waals surface area contributed by atoms with Crippen molar-refractivity contribution in [3.05, 3.63) is 47.5 Å². The predicted octanol–water partition coefficient (Wildman–Crippen LogP) is 2.99. The minimum atomic E-state index is -0.272. The third kappa shape index (κ3) is 4.14. The minimum Gasteiger partial charge on any atom is -0.330 e. The Morgan fingerprint density at radius 2 is 2.07 bits per heavy atom. The van der Waals surface area contributed by atoms with Crippen LogP contribution in [0.25, 0.3) is 0 Å². The highest BCUT2D eigenvalue weighted by Gasteiger charge is 2.36. The van der Waals surface area contributed by atoms with Crippen molar-refractivity contribution in [1.82, 2.24) is 25.2 Å².